The van der Waals surface area contributed by atoms with Gasteiger partial charge in [-0.15, -0.1) is 5.10 Å². The number of methoxy groups -OCH3 is 1. The quantitative estimate of drug-likeness (QED) is 0.312. The Morgan fingerprint density at radius 1 is 1.20 bits per heavy atom. The van der Waals surface area contributed by atoms with Crippen molar-refractivity contribution in [2.24, 2.45) is 10.1 Å². The highest BCUT2D eigenvalue weighted by Gasteiger charge is 2.51. The van der Waals surface area contributed by atoms with E-state index in [1.165, 1.54) is 11.9 Å². The zero-order valence-corrected chi connectivity index (χ0v) is 19.5. The van der Waals surface area contributed by atoms with Crippen LogP contribution in [0.15, 0.2) is 58.9 Å². The van der Waals surface area contributed by atoms with E-state index in [0.717, 1.165) is 10.5 Å². The average molecular weight is 481 g/mol. The first-order chi connectivity index (χ1) is 16.9. The standard InChI is InChI=1S/C23H25N7O5/c1-28-20-19(21(32)29(2)23(28)33)30(22(26-20)27-25-12-15-5-4-10-24-11-15)13-16(31)14-35-18-8-6-17(34-3)7-9-18/h4-12,16,19,31H,13-14H2,1-3H3/p+1/b25-12-. The first-order valence-corrected chi connectivity index (χ1v) is 10.8. The number of hydrazone groups is 1. The molecular weight excluding hydrogens is 454 g/mol. The molecule has 12 heteroatoms. The molecule has 3 heterocycles. The maximum absolute atomic E-state index is 13.0. The van der Waals surface area contributed by atoms with E-state index in [-0.39, 0.29) is 24.9 Å². The van der Waals surface area contributed by atoms with E-state index in [9.17, 15) is 14.7 Å². The lowest BCUT2D eigenvalue weighted by Gasteiger charge is -2.32. The van der Waals surface area contributed by atoms with Crippen LogP contribution in [0, 0.1) is 0 Å². The number of imide groups is 1. The van der Waals surface area contributed by atoms with Crippen LogP contribution in [0.2, 0.25) is 0 Å². The van der Waals surface area contributed by atoms with Gasteiger partial charge in [-0.1, -0.05) is 11.1 Å². The number of likely N-dealkylation sites (N-methyl/N-ethyl adjacent to an activating group) is 2. The van der Waals surface area contributed by atoms with Crippen molar-refractivity contribution < 1.29 is 28.7 Å². The van der Waals surface area contributed by atoms with Crippen molar-refractivity contribution >= 4 is 29.9 Å². The first kappa shape index (κ1) is 23.8. The predicted octanol–water partition coefficient (Wildman–Crippen LogP) is 0.127. The average Bonchev–Trinajstić information content (AvgIpc) is 3.24. The lowest BCUT2D eigenvalue weighted by atomic mass is 10.1. The number of amides is 3. The monoisotopic (exact) mass is 480 g/mol. The van der Waals surface area contributed by atoms with Crippen LogP contribution in [0.4, 0.5) is 4.79 Å². The molecule has 0 bridgehead atoms. The Morgan fingerprint density at radius 2 is 1.94 bits per heavy atom. The highest BCUT2D eigenvalue weighted by Crippen LogP contribution is 2.20. The fraction of sp³-hybridized carbons (Fsp3) is 0.304. The van der Waals surface area contributed by atoms with Crippen molar-refractivity contribution in [1.82, 2.24) is 20.2 Å². The van der Waals surface area contributed by atoms with Crippen LogP contribution in [0.3, 0.4) is 0 Å². The molecule has 2 aromatic rings. The summed E-state index contributed by atoms with van der Waals surface area (Å²) in [4.78, 5) is 36.2. The van der Waals surface area contributed by atoms with Gasteiger partial charge in [0.05, 0.1) is 19.9 Å². The number of amidine groups is 1. The molecule has 0 saturated carbocycles. The number of rotatable bonds is 8. The number of urea groups is 1. The lowest BCUT2D eigenvalue weighted by molar-refractivity contribution is -0.545. The number of aromatic nitrogens is 1. The third kappa shape index (κ3) is 5.11. The highest BCUT2D eigenvalue weighted by molar-refractivity contribution is 6.22. The Bertz CT molecular complexity index is 1180. The van der Waals surface area contributed by atoms with Crippen molar-refractivity contribution in [3.8, 4) is 11.5 Å². The molecule has 35 heavy (non-hydrogen) atoms. The Labute approximate surface area is 201 Å². The van der Waals surface area contributed by atoms with Gasteiger partial charge in [-0.25, -0.2) is 9.37 Å². The second-order valence-corrected chi connectivity index (χ2v) is 7.88. The second kappa shape index (κ2) is 10.3. The Hall–Kier alpha value is -4.32. The van der Waals surface area contributed by atoms with Crippen LogP contribution < -0.4 is 14.9 Å². The van der Waals surface area contributed by atoms with Gasteiger partial charge in [0, 0.05) is 32.1 Å². The van der Waals surface area contributed by atoms with Gasteiger partial charge in [-0.2, -0.15) is 5.43 Å². The summed E-state index contributed by atoms with van der Waals surface area (Å²) in [5.74, 6) is 1.27. The van der Waals surface area contributed by atoms with Gasteiger partial charge in [0.1, 0.15) is 24.2 Å². The van der Waals surface area contributed by atoms with Gasteiger partial charge in [0.25, 0.3) is 5.91 Å². The molecule has 182 valence electrons. The predicted molar refractivity (Wildman–Crippen MR) is 127 cm³/mol. The number of carbonyl (C=O) groups excluding carboxylic acids is 2. The second-order valence-electron chi connectivity index (χ2n) is 7.88. The Morgan fingerprint density at radius 3 is 2.63 bits per heavy atom. The zero-order chi connectivity index (χ0) is 24.9. The number of pyridine rings is 1. The smallest absolute Gasteiger partial charge is 0.414 e. The third-order valence-electron chi connectivity index (χ3n) is 5.50. The number of carbonyl (C=O) groups is 2. The number of β-amino-alcohol motifs (C(OH)–C–C–N with tert-alkyl or cyclic N) is 1. The van der Waals surface area contributed by atoms with E-state index in [1.807, 2.05) is 6.07 Å². The molecule has 2 atom stereocenters. The van der Waals surface area contributed by atoms with E-state index in [0.29, 0.717) is 11.5 Å². The zero-order valence-electron chi connectivity index (χ0n) is 19.5. The molecule has 1 aromatic carbocycles. The van der Waals surface area contributed by atoms with Gasteiger partial charge in [-0.05, 0) is 30.3 Å². The molecule has 0 aliphatic carbocycles. The molecule has 1 aromatic heterocycles. The minimum atomic E-state index is -0.980. The summed E-state index contributed by atoms with van der Waals surface area (Å²) in [6.45, 7) is -0.0317. The largest absolute Gasteiger partial charge is 0.497 e. The Balaban J connectivity index is 1.53. The number of fused-ring (bicyclic) bond motifs is 1. The maximum Gasteiger partial charge on any atom is 0.414 e. The van der Waals surface area contributed by atoms with E-state index >= 15 is 0 Å². The summed E-state index contributed by atoms with van der Waals surface area (Å²) in [5, 5.41) is 14.9. The number of nitrogens with one attached hydrogen (secondary N) is 1. The minimum absolute atomic E-state index is 0.000176. The fourth-order valence-corrected chi connectivity index (χ4v) is 3.64. The van der Waals surface area contributed by atoms with Crippen molar-refractivity contribution in [3.05, 3.63) is 54.4 Å². The molecule has 3 amide bonds. The van der Waals surface area contributed by atoms with Crippen LogP contribution >= 0.6 is 0 Å². The number of aliphatic imine (C=N–C) groups is 1. The normalized spacial score (nSPS) is 18.6. The van der Waals surface area contributed by atoms with Crippen LogP contribution in [-0.4, -0.2) is 101 Å². The van der Waals surface area contributed by atoms with Gasteiger partial charge >= 0.3 is 12.0 Å². The SMILES string of the molecule is COc1ccc(OCC(O)C[N+]2=C(N/N=C\c3cccnc3)N=C3C2C(=O)N(C)C(=O)N3C)cc1. The highest BCUT2D eigenvalue weighted by atomic mass is 16.5. The molecule has 2 N–H and O–H groups in total. The molecule has 1 saturated heterocycles. The summed E-state index contributed by atoms with van der Waals surface area (Å²) in [7, 11) is 4.52. The van der Waals surface area contributed by atoms with Crippen molar-refractivity contribution in [1.29, 1.82) is 0 Å². The van der Waals surface area contributed by atoms with Gasteiger partial charge in [-0.3, -0.25) is 19.6 Å². The van der Waals surface area contributed by atoms with Crippen molar-refractivity contribution in [2.75, 3.05) is 34.4 Å². The lowest BCUT2D eigenvalue weighted by Crippen LogP contribution is -2.62. The van der Waals surface area contributed by atoms with Crippen LogP contribution in [-0.2, 0) is 4.79 Å². The minimum Gasteiger partial charge on any atom is -0.497 e. The number of nitrogens with zero attached hydrogens (tertiary/aromatic N) is 6. The van der Waals surface area contributed by atoms with Crippen LogP contribution in [0.25, 0.3) is 0 Å². The van der Waals surface area contributed by atoms with E-state index in [2.05, 4.69) is 20.5 Å². The number of aliphatic hydroxyl groups excluding tert-OH is 1. The van der Waals surface area contributed by atoms with E-state index < -0.39 is 24.1 Å². The third-order valence-corrected chi connectivity index (χ3v) is 5.50. The molecule has 12 nitrogen and oxygen atoms in total. The summed E-state index contributed by atoms with van der Waals surface area (Å²) in [5.41, 5.74) is 3.58. The van der Waals surface area contributed by atoms with Gasteiger partial charge in [0.15, 0.2) is 0 Å². The molecule has 2 aliphatic rings. The summed E-state index contributed by atoms with van der Waals surface area (Å²) in [6.07, 6.45) is 3.86. The molecule has 2 aliphatic heterocycles. The maximum atomic E-state index is 13.0. The number of aliphatic hydroxyl groups is 1. The molecule has 0 spiro atoms. The van der Waals surface area contributed by atoms with E-state index in [1.54, 1.807) is 67.7 Å². The molecule has 0 radical (unpaired) electrons. The number of hydrogen-bond donors (Lipinski definition) is 2. The Kier molecular flexibility index (Phi) is 7.01. The molecule has 2 unspecified atom stereocenters. The number of hydrogen-bond acceptors (Lipinski definition) is 9. The van der Waals surface area contributed by atoms with Crippen molar-refractivity contribution in [2.45, 2.75) is 12.1 Å². The topological polar surface area (TPSA) is 132 Å². The first-order valence-electron chi connectivity index (χ1n) is 10.8. The fourth-order valence-electron chi connectivity index (χ4n) is 3.64. The van der Waals surface area contributed by atoms with E-state index in [4.69, 9.17) is 9.47 Å². The number of guanidine groups is 1. The molecular formula is C23H26N7O5+. The van der Waals surface area contributed by atoms with Crippen LogP contribution in [0.5, 0.6) is 11.5 Å². The van der Waals surface area contributed by atoms with Gasteiger partial charge < -0.3 is 14.6 Å². The molecule has 1 fully saturated rings. The van der Waals surface area contributed by atoms with Crippen molar-refractivity contribution in [3.63, 3.8) is 0 Å². The van der Waals surface area contributed by atoms with Crippen LogP contribution in [0.1, 0.15) is 5.56 Å². The van der Waals surface area contributed by atoms with Gasteiger partial charge in [0.2, 0.25) is 11.9 Å². The summed E-state index contributed by atoms with van der Waals surface area (Å²) in [6, 6.07) is 9.18. The number of ether oxygens (including phenoxy) is 2. The molecule has 4 rings (SSSR count). The summed E-state index contributed by atoms with van der Waals surface area (Å²) < 4.78 is 12.4. The number of benzene rings is 1. The summed E-state index contributed by atoms with van der Waals surface area (Å²) >= 11 is 0.